The number of benzene rings is 10. The quantitative estimate of drug-likeness (QED) is 0.150. The maximum Gasteiger partial charge on any atom is 0.0547 e. The largest absolute Gasteiger partial charge is 0.311 e. The first-order valence-electron chi connectivity index (χ1n) is 20.6. The van der Waals surface area contributed by atoms with E-state index in [1.54, 1.807) is 0 Å². The summed E-state index contributed by atoms with van der Waals surface area (Å²) in [6.45, 7) is 0. The summed E-state index contributed by atoms with van der Waals surface area (Å²) in [4.78, 5) is 2.33. The van der Waals surface area contributed by atoms with Gasteiger partial charge in [0.1, 0.15) is 0 Å². The summed E-state index contributed by atoms with van der Waals surface area (Å²) in [6, 6.07) is 87.8. The highest BCUT2D eigenvalue weighted by Crippen LogP contribution is 2.41. The van der Waals surface area contributed by atoms with Crippen molar-refractivity contribution in [1.82, 2.24) is 4.57 Å². The van der Waals surface area contributed by atoms with Gasteiger partial charge in [-0.05, 0) is 104 Å². The van der Waals surface area contributed by atoms with E-state index in [9.17, 15) is 0 Å². The number of anilines is 3. The fraction of sp³-hybridized carbons (Fsp3) is 0. The molecule has 0 aliphatic carbocycles. The Morgan fingerprint density at radius 3 is 1.45 bits per heavy atom. The van der Waals surface area contributed by atoms with Crippen molar-refractivity contribution in [3.63, 3.8) is 0 Å². The summed E-state index contributed by atoms with van der Waals surface area (Å²) in [5, 5.41) is 5.00. The van der Waals surface area contributed by atoms with Crippen LogP contribution in [0.5, 0.6) is 0 Å². The van der Waals surface area contributed by atoms with Crippen LogP contribution in [0.1, 0.15) is 0 Å². The average molecular weight is 765 g/mol. The fourth-order valence-corrected chi connectivity index (χ4v) is 8.89. The van der Waals surface area contributed by atoms with Crippen LogP contribution in [-0.2, 0) is 0 Å². The zero-order chi connectivity index (χ0) is 39.8. The molecule has 0 spiro atoms. The van der Waals surface area contributed by atoms with Crippen LogP contribution < -0.4 is 4.90 Å². The van der Waals surface area contributed by atoms with Crippen LogP contribution >= 0.6 is 0 Å². The molecule has 0 fully saturated rings. The molecule has 60 heavy (non-hydrogen) atoms. The van der Waals surface area contributed by atoms with Gasteiger partial charge in [-0.2, -0.15) is 0 Å². The van der Waals surface area contributed by atoms with Gasteiger partial charge in [0.2, 0.25) is 0 Å². The highest BCUT2D eigenvalue weighted by molar-refractivity contribution is 6.11. The molecule has 0 atom stereocenters. The molecule has 0 aliphatic heterocycles. The molecule has 0 saturated heterocycles. The van der Waals surface area contributed by atoms with Crippen molar-refractivity contribution in [2.75, 3.05) is 4.90 Å². The molecule has 0 N–H and O–H groups in total. The van der Waals surface area contributed by atoms with Gasteiger partial charge in [-0.25, -0.2) is 0 Å². The minimum Gasteiger partial charge on any atom is -0.311 e. The summed E-state index contributed by atoms with van der Waals surface area (Å²) in [5.41, 5.74) is 16.5. The Kier molecular flexibility index (Phi) is 8.87. The number of hydrogen-bond acceptors (Lipinski definition) is 1. The molecule has 10 aromatic carbocycles. The molecule has 0 saturated carbocycles. The van der Waals surface area contributed by atoms with Crippen LogP contribution in [0.2, 0.25) is 0 Å². The van der Waals surface area contributed by atoms with E-state index in [1.807, 2.05) is 0 Å². The maximum absolute atomic E-state index is 2.45. The van der Waals surface area contributed by atoms with Crippen LogP contribution in [0.25, 0.3) is 82.8 Å². The van der Waals surface area contributed by atoms with Crippen LogP contribution in [0.4, 0.5) is 17.1 Å². The van der Waals surface area contributed by atoms with Crippen LogP contribution in [0.3, 0.4) is 0 Å². The molecule has 11 rings (SSSR count). The van der Waals surface area contributed by atoms with Gasteiger partial charge < -0.3 is 9.47 Å². The van der Waals surface area contributed by atoms with Gasteiger partial charge in [-0.3, -0.25) is 0 Å². The molecule has 2 nitrogen and oxygen atoms in total. The van der Waals surface area contributed by atoms with Crippen molar-refractivity contribution >= 4 is 49.6 Å². The summed E-state index contributed by atoms with van der Waals surface area (Å²) >= 11 is 0. The van der Waals surface area contributed by atoms with Crippen molar-refractivity contribution in [3.8, 4) is 50.2 Å². The zero-order valence-corrected chi connectivity index (χ0v) is 33.0. The SMILES string of the molecule is c1ccc(-c2ccc(-c3ccc(N(c4ccccc4)c4ccc(-c5ccccc5-n5c6ccccc6c6ccc(-c7cccc8ccccc78)cc65)cc4)cc3)cc2)cc1. The fourth-order valence-electron chi connectivity index (χ4n) is 8.89. The normalized spacial score (nSPS) is 11.3. The van der Waals surface area contributed by atoms with E-state index in [-0.39, 0.29) is 0 Å². The summed E-state index contributed by atoms with van der Waals surface area (Å²) in [7, 11) is 0. The predicted molar refractivity (Wildman–Crippen MR) is 255 cm³/mol. The monoisotopic (exact) mass is 764 g/mol. The first-order valence-corrected chi connectivity index (χ1v) is 20.6. The molecule has 0 amide bonds. The maximum atomic E-state index is 2.45. The second kappa shape index (κ2) is 15.1. The van der Waals surface area contributed by atoms with Crippen molar-refractivity contribution in [1.29, 1.82) is 0 Å². The van der Waals surface area contributed by atoms with Gasteiger partial charge in [-0.15, -0.1) is 0 Å². The first kappa shape index (κ1) is 35.2. The third kappa shape index (κ3) is 6.32. The molecule has 2 heteroatoms. The van der Waals surface area contributed by atoms with Gasteiger partial charge in [0, 0.05) is 33.4 Å². The van der Waals surface area contributed by atoms with Gasteiger partial charge >= 0.3 is 0 Å². The average Bonchev–Trinajstić information content (AvgIpc) is 3.66. The Labute approximate surface area is 350 Å². The smallest absolute Gasteiger partial charge is 0.0547 e. The molecular formula is C58H40N2. The van der Waals surface area contributed by atoms with Crippen LogP contribution in [-0.4, -0.2) is 4.57 Å². The minimum atomic E-state index is 1.10. The van der Waals surface area contributed by atoms with E-state index < -0.39 is 0 Å². The minimum absolute atomic E-state index is 1.10. The Morgan fingerprint density at radius 2 is 0.733 bits per heavy atom. The lowest BCUT2D eigenvalue weighted by atomic mass is 9.97. The lowest BCUT2D eigenvalue weighted by Crippen LogP contribution is -2.09. The Hall–Kier alpha value is -7.94. The molecule has 0 unspecified atom stereocenters. The number of rotatable bonds is 8. The molecule has 0 bridgehead atoms. The van der Waals surface area contributed by atoms with E-state index in [0.29, 0.717) is 0 Å². The van der Waals surface area contributed by atoms with Gasteiger partial charge in [0.25, 0.3) is 0 Å². The molecule has 0 radical (unpaired) electrons. The number of hydrogen-bond donors (Lipinski definition) is 0. The number of fused-ring (bicyclic) bond motifs is 4. The first-order chi connectivity index (χ1) is 29.8. The Balaban J connectivity index is 0.969. The molecule has 0 aliphatic rings. The van der Waals surface area contributed by atoms with E-state index in [1.165, 1.54) is 71.5 Å². The lowest BCUT2D eigenvalue weighted by Gasteiger charge is -2.26. The topological polar surface area (TPSA) is 8.17 Å². The van der Waals surface area contributed by atoms with Crippen molar-refractivity contribution in [2.45, 2.75) is 0 Å². The predicted octanol–water partition coefficient (Wildman–Crippen LogP) is 16.1. The van der Waals surface area contributed by atoms with Crippen molar-refractivity contribution in [3.05, 3.63) is 243 Å². The van der Waals surface area contributed by atoms with E-state index in [2.05, 4.69) is 252 Å². The number of aromatic nitrogens is 1. The second-order valence-corrected chi connectivity index (χ2v) is 15.3. The van der Waals surface area contributed by atoms with E-state index >= 15 is 0 Å². The third-order valence-corrected chi connectivity index (χ3v) is 11.8. The van der Waals surface area contributed by atoms with Crippen molar-refractivity contribution in [2.24, 2.45) is 0 Å². The van der Waals surface area contributed by atoms with Crippen molar-refractivity contribution < 1.29 is 0 Å². The lowest BCUT2D eigenvalue weighted by molar-refractivity contribution is 1.18. The van der Waals surface area contributed by atoms with Crippen LogP contribution in [0.15, 0.2) is 243 Å². The van der Waals surface area contributed by atoms with Gasteiger partial charge in [0.15, 0.2) is 0 Å². The highest BCUT2D eigenvalue weighted by atomic mass is 15.1. The molecule has 1 aromatic heterocycles. The molecule has 282 valence electrons. The number of para-hydroxylation sites is 3. The Morgan fingerprint density at radius 1 is 0.267 bits per heavy atom. The zero-order valence-electron chi connectivity index (χ0n) is 33.0. The molecule has 1 heterocycles. The summed E-state index contributed by atoms with van der Waals surface area (Å²) < 4.78 is 2.45. The second-order valence-electron chi connectivity index (χ2n) is 15.3. The van der Waals surface area contributed by atoms with E-state index in [4.69, 9.17) is 0 Å². The van der Waals surface area contributed by atoms with E-state index in [0.717, 1.165) is 28.3 Å². The molecular weight excluding hydrogens is 725 g/mol. The van der Waals surface area contributed by atoms with Gasteiger partial charge in [0.05, 0.1) is 16.7 Å². The van der Waals surface area contributed by atoms with Gasteiger partial charge in [-0.1, -0.05) is 188 Å². The standard InChI is InChI=1S/C58H40N2/c1-3-14-41(15-4-1)42-26-28-43(29-27-42)44-30-35-49(36-31-44)59(48-18-5-2-6-19-48)50-37-32-46(33-38-50)53-21-9-11-24-56(53)60-57-25-12-10-22-54(57)55-39-34-47(40-58(55)60)52-23-13-17-45-16-7-8-20-51(45)52/h1-40H. The highest BCUT2D eigenvalue weighted by Gasteiger charge is 2.18. The summed E-state index contributed by atoms with van der Waals surface area (Å²) in [6.07, 6.45) is 0. The molecule has 11 aromatic rings. The Bertz CT molecular complexity index is 3270. The third-order valence-electron chi connectivity index (χ3n) is 11.8. The van der Waals surface area contributed by atoms with Crippen LogP contribution in [0, 0.1) is 0 Å². The summed E-state index contributed by atoms with van der Waals surface area (Å²) in [5.74, 6) is 0. The number of nitrogens with zero attached hydrogens (tertiary/aromatic N) is 2.